The molecule has 0 N–H and O–H groups in total. The van der Waals surface area contributed by atoms with Crippen LogP contribution in [0.5, 0.6) is 17.2 Å². The van der Waals surface area contributed by atoms with Crippen molar-refractivity contribution < 1.29 is 43.3 Å². The van der Waals surface area contributed by atoms with Crippen molar-refractivity contribution >= 4 is 9.84 Å². The molecule has 0 saturated carbocycles. The van der Waals surface area contributed by atoms with E-state index < -0.39 is 39.9 Å². The monoisotopic (exact) mass is 448 g/mol. The Kier molecular flexibility index (Phi) is 5.36. The summed E-state index contributed by atoms with van der Waals surface area (Å²) in [5.74, 6) is -1.61. The van der Waals surface area contributed by atoms with Crippen LogP contribution in [0.4, 0.5) is 13.2 Å². The van der Waals surface area contributed by atoms with Crippen molar-refractivity contribution in [3.63, 3.8) is 0 Å². The Morgan fingerprint density at radius 3 is 2.30 bits per heavy atom. The van der Waals surface area contributed by atoms with E-state index in [1.807, 2.05) is 0 Å². The first-order valence-corrected chi connectivity index (χ1v) is 10.2. The fourth-order valence-electron chi connectivity index (χ4n) is 2.49. The van der Waals surface area contributed by atoms with Crippen LogP contribution in [-0.4, -0.2) is 33.3 Å². The lowest BCUT2D eigenvalue weighted by molar-refractivity contribution is -0.274. The summed E-state index contributed by atoms with van der Waals surface area (Å²) in [5, 5.41) is 0.971. The molecule has 1 saturated heterocycles. The summed E-state index contributed by atoms with van der Waals surface area (Å²) in [4.78, 5) is -0.163. The fourth-order valence-corrected chi connectivity index (χ4v) is 3.51. The molecule has 30 heavy (non-hydrogen) atoms. The molecule has 0 amide bonds. The molecule has 1 heterocycles. The van der Waals surface area contributed by atoms with Crippen molar-refractivity contribution in [1.29, 1.82) is 0 Å². The average Bonchev–Trinajstić information content (AvgIpc) is 3.01. The SMILES string of the molecule is [3H]c1cc(OC(F)(F)F)ccc1Oc1ccc(S(=O)(=O)/C=C/[C@H]2COC(C)(C)O2)cc1[3H]. The van der Waals surface area contributed by atoms with Crippen molar-refractivity contribution in [1.82, 2.24) is 0 Å². The normalized spacial score (nSPS) is 20.1. The maximum atomic E-state index is 12.5. The minimum atomic E-state index is -4.90. The highest BCUT2D eigenvalue weighted by atomic mass is 32.2. The van der Waals surface area contributed by atoms with Crippen molar-refractivity contribution in [3.05, 3.63) is 60.0 Å². The van der Waals surface area contributed by atoms with E-state index in [0.717, 1.165) is 29.7 Å². The van der Waals surface area contributed by atoms with Gasteiger partial charge in [0.1, 0.15) is 23.4 Å². The zero-order chi connectivity index (χ0) is 23.7. The average molecular weight is 448 g/mol. The fraction of sp³-hybridized carbons (Fsp3) is 0.300. The molecule has 0 aliphatic carbocycles. The van der Waals surface area contributed by atoms with Crippen LogP contribution in [0.1, 0.15) is 16.6 Å². The van der Waals surface area contributed by atoms with Gasteiger partial charge in [0.25, 0.3) is 0 Å². The van der Waals surface area contributed by atoms with Crippen LogP contribution < -0.4 is 9.47 Å². The van der Waals surface area contributed by atoms with Gasteiger partial charge in [-0.15, -0.1) is 13.2 Å². The van der Waals surface area contributed by atoms with Gasteiger partial charge in [0.15, 0.2) is 15.6 Å². The smallest absolute Gasteiger partial charge is 0.457 e. The number of hydrogen-bond acceptors (Lipinski definition) is 6. The summed E-state index contributed by atoms with van der Waals surface area (Å²) >= 11 is 0. The molecule has 1 aliphatic heterocycles. The molecule has 0 unspecified atom stereocenters. The molecule has 6 nitrogen and oxygen atoms in total. The molecule has 0 radical (unpaired) electrons. The van der Waals surface area contributed by atoms with Gasteiger partial charge >= 0.3 is 6.36 Å². The molecule has 10 heteroatoms. The minimum absolute atomic E-state index is 0.0832. The van der Waals surface area contributed by atoms with Gasteiger partial charge in [0.05, 0.1) is 14.2 Å². The van der Waals surface area contributed by atoms with Gasteiger partial charge in [-0.3, -0.25) is 0 Å². The number of hydrogen-bond donors (Lipinski definition) is 0. The molecule has 0 bridgehead atoms. The van der Waals surface area contributed by atoms with Gasteiger partial charge < -0.3 is 18.9 Å². The quantitative estimate of drug-likeness (QED) is 0.631. The van der Waals surface area contributed by atoms with Crippen LogP contribution in [0.3, 0.4) is 0 Å². The highest BCUT2D eigenvalue weighted by Gasteiger charge is 2.32. The largest absolute Gasteiger partial charge is 0.573 e. The molecule has 162 valence electrons. The summed E-state index contributed by atoms with van der Waals surface area (Å²) in [5.41, 5.74) is 0. The van der Waals surface area contributed by atoms with Gasteiger partial charge in [-0.05, 0) is 68.4 Å². The number of rotatable bonds is 6. The van der Waals surface area contributed by atoms with Gasteiger partial charge in [0, 0.05) is 5.41 Å². The Labute approximate surface area is 174 Å². The first-order valence-electron chi connectivity index (χ1n) is 9.64. The van der Waals surface area contributed by atoms with Crippen LogP contribution in [-0.2, 0) is 19.3 Å². The van der Waals surface area contributed by atoms with Crippen LogP contribution in [0, 0.1) is 0 Å². The van der Waals surface area contributed by atoms with Gasteiger partial charge in [-0.2, -0.15) is 0 Å². The molecule has 2 aromatic carbocycles. The zero-order valence-electron chi connectivity index (χ0n) is 17.9. The van der Waals surface area contributed by atoms with E-state index in [-0.39, 0.29) is 29.0 Å². The van der Waals surface area contributed by atoms with Gasteiger partial charge in [-0.1, -0.05) is 0 Å². The van der Waals surface area contributed by atoms with E-state index in [9.17, 15) is 21.6 Å². The second kappa shape index (κ2) is 8.29. The number of sulfone groups is 1. The Hall–Kier alpha value is -2.56. The standard InChI is InChI=1S/C20H19F3O6S/c1-19(2)26-13-17(28-19)11-12-30(24,25)18-9-7-15(8-10-18)27-14-3-5-16(6-4-14)29-20(21,22)23/h3-12,17H,13H2,1-2H3/b12-11+/t17-/m0/s1/i3T,7T. The van der Waals surface area contributed by atoms with Gasteiger partial charge in [0.2, 0.25) is 0 Å². The Morgan fingerprint density at radius 2 is 1.73 bits per heavy atom. The Bertz CT molecular complexity index is 1130. The van der Waals surface area contributed by atoms with Crippen LogP contribution in [0.2, 0.25) is 0 Å². The van der Waals surface area contributed by atoms with Crippen molar-refractivity contribution in [2.45, 2.75) is 37.0 Å². The lowest BCUT2D eigenvalue weighted by Gasteiger charge is -2.15. The summed E-state index contributed by atoms with van der Waals surface area (Å²) < 4.78 is 97.7. The third kappa shape index (κ3) is 6.22. The summed E-state index contributed by atoms with van der Waals surface area (Å²) in [7, 11) is -3.88. The third-order valence-electron chi connectivity index (χ3n) is 3.80. The maximum Gasteiger partial charge on any atom is 0.573 e. The van der Waals surface area contributed by atoms with E-state index in [0.29, 0.717) is 0 Å². The van der Waals surface area contributed by atoms with E-state index >= 15 is 0 Å². The third-order valence-corrected chi connectivity index (χ3v) is 5.22. The first kappa shape index (κ1) is 19.4. The summed E-state index contributed by atoms with van der Waals surface area (Å²) in [6, 6.07) is 5.66. The number of benzene rings is 2. The molecular formula is C20H19F3O6S. The minimum Gasteiger partial charge on any atom is -0.457 e. The number of ether oxygens (including phenoxy) is 4. The zero-order valence-corrected chi connectivity index (χ0v) is 16.7. The first-order chi connectivity index (χ1) is 14.7. The topological polar surface area (TPSA) is 71.1 Å². The molecule has 1 atom stereocenters. The second-order valence-electron chi connectivity index (χ2n) is 6.67. The van der Waals surface area contributed by atoms with Crippen molar-refractivity contribution in [2.24, 2.45) is 0 Å². The van der Waals surface area contributed by atoms with Crippen molar-refractivity contribution in [2.75, 3.05) is 6.61 Å². The highest BCUT2D eigenvalue weighted by molar-refractivity contribution is 7.94. The highest BCUT2D eigenvalue weighted by Crippen LogP contribution is 2.28. The van der Waals surface area contributed by atoms with E-state index in [4.69, 9.17) is 17.0 Å². The molecular weight excluding hydrogens is 425 g/mol. The predicted octanol–water partition coefficient (Wildman–Crippen LogP) is 4.82. The lowest BCUT2D eigenvalue weighted by atomic mass is 10.3. The maximum absolute atomic E-state index is 12.5. The van der Waals surface area contributed by atoms with Crippen LogP contribution in [0.25, 0.3) is 0 Å². The number of halogens is 3. The van der Waals surface area contributed by atoms with E-state index in [1.165, 1.54) is 18.2 Å². The molecule has 0 spiro atoms. The molecule has 1 fully saturated rings. The summed E-state index contributed by atoms with van der Waals surface area (Å²) in [6.07, 6.45) is -4.07. The molecule has 1 aliphatic rings. The molecule has 0 aromatic heterocycles. The lowest BCUT2D eigenvalue weighted by Crippen LogP contribution is -2.20. The molecule has 2 aromatic rings. The second-order valence-corrected chi connectivity index (χ2v) is 8.50. The van der Waals surface area contributed by atoms with Crippen molar-refractivity contribution in [3.8, 4) is 17.2 Å². The van der Waals surface area contributed by atoms with Crippen LogP contribution in [0.15, 0.2) is 64.9 Å². The Morgan fingerprint density at radius 1 is 1.10 bits per heavy atom. The van der Waals surface area contributed by atoms with E-state index in [2.05, 4.69) is 4.74 Å². The molecule has 3 rings (SSSR count). The summed E-state index contributed by atoms with van der Waals surface area (Å²) in [6.45, 7) is 3.62. The predicted molar refractivity (Wildman–Crippen MR) is 101 cm³/mol. The number of alkyl halides is 3. The van der Waals surface area contributed by atoms with Gasteiger partial charge in [-0.25, -0.2) is 8.42 Å². The van der Waals surface area contributed by atoms with E-state index in [1.54, 1.807) is 13.8 Å². The Balaban J connectivity index is 1.74. The van der Waals surface area contributed by atoms with Crippen LogP contribution >= 0.6 is 0 Å².